The van der Waals surface area contributed by atoms with Gasteiger partial charge in [-0.2, -0.15) is 0 Å². The van der Waals surface area contributed by atoms with Crippen molar-refractivity contribution in [1.29, 1.82) is 0 Å². The Morgan fingerprint density at radius 2 is 2.11 bits per heavy atom. The van der Waals surface area contributed by atoms with E-state index in [0.717, 1.165) is 28.8 Å². The normalized spacial score (nSPS) is 13.5. The first-order valence-corrected chi connectivity index (χ1v) is 6.26. The molecule has 0 spiro atoms. The summed E-state index contributed by atoms with van der Waals surface area (Å²) in [7, 11) is 0. The second-order valence-corrected chi connectivity index (χ2v) is 3.72. The van der Waals surface area contributed by atoms with Crippen molar-refractivity contribution in [3.8, 4) is 0 Å². The lowest BCUT2D eigenvalue weighted by Crippen LogP contribution is -2.02. The van der Waals surface area contributed by atoms with Crippen LogP contribution in [0.15, 0.2) is 49.2 Å². The van der Waals surface area contributed by atoms with Crippen LogP contribution in [-0.2, 0) is 0 Å². The topological polar surface area (TPSA) is 25.8 Å². The molecule has 0 aromatic carbocycles. The van der Waals surface area contributed by atoms with Gasteiger partial charge in [0, 0.05) is 11.8 Å². The van der Waals surface area contributed by atoms with E-state index in [4.69, 9.17) is 0 Å². The van der Waals surface area contributed by atoms with Crippen LogP contribution in [0.4, 0.5) is 0 Å². The average Bonchev–Trinajstić information content (AvgIpc) is 2.40. The van der Waals surface area contributed by atoms with Gasteiger partial charge in [0.1, 0.15) is 0 Å². The first-order valence-electron chi connectivity index (χ1n) is 6.26. The smallest absolute Gasteiger partial charge is 0.159 e. The maximum atomic E-state index is 4.47. The molecule has 1 aromatic rings. The lowest BCUT2D eigenvalue weighted by molar-refractivity contribution is 1.08. The lowest BCUT2D eigenvalue weighted by atomic mass is 9.90. The maximum Gasteiger partial charge on any atom is 0.159 e. The molecule has 0 bridgehead atoms. The van der Waals surface area contributed by atoms with E-state index in [-0.39, 0.29) is 0 Å². The van der Waals surface area contributed by atoms with Crippen molar-refractivity contribution in [2.45, 2.75) is 27.2 Å². The Labute approximate surface area is 109 Å². The molecule has 1 aliphatic carbocycles. The van der Waals surface area contributed by atoms with Crippen molar-refractivity contribution in [3.63, 3.8) is 0 Å². The van der Waals surface area contributed by atoms with Crippen LogP contribution in [0.1, 0.15) is 38.7 Å². The second kappa shape index (κ2) is 6.70. The van der Waals surface area contributed by atoms with Crippen molar-refractivity contribution >= 4 is 11.1 Å². The highest BCUT2D eigenvalue weighted by Crippen LogP contribution is 2.32. The fourth-order valence-electron chi connectivity index (χ4n) is 1.57. The zero-order valence-electron chi connectivity index (χ0n) is 11.4. The molecule has 0 unspecified atom stereocenters. The van der Waals surface area contributed by atoms with Gasteiger partial charge in [0.2, 0.25) is 0 Å². The van der Waals surface area contributed by atoms with Crippen LogP contribution in [-0.4, -0.2) is 9.97 Å². The van der Waals surface area contributed by atoms with E-state index in [1.54, 1.807) is 6.20 Å². The van der Waals surface area contributed by atoms with Crippen molar-refractivity contribution in [1.82, 2.24) is 9.97 Å². The summed E-state index contributed by atoms with van der Waals surface area (Å²) in [6.45, 7) is 13.8. The van der Waals surface area contributed by atoms with E-state index in [1.165, 1.54) is 0 Å². The van der Waals surface area contributed by atoms with Crippen molar-refractivity contribution in [2.24, 2.45) is 0 Å². The van der Waals surface area contributed by atoms with Gasteiger partial charge in [0.25, 0.3) is 0 Å². The van der Waals surface area contributed by atoms with Gasteiger partial charge in [-0.15, -0.1) is 0 Å². The molecule has 0 radical (unpaired) electrons. The molecule has 0 saturated heterocycles. The predicted octanol–water partition coefficient (Wildman–Crippen LogP) is 4.44. The summed E-state index contributed by atoms with van der Waals surface area (Å²) in [6.07, 6.45) is 8.69. The summed E-state index contributed by atoms with van der Waals surface area (Å²) >= 11 is 0. The molecule has 0 N–H and O–H groups in total. The Bertz CT molecular complexity index is 508. The molecule has 2 heteroatoms. The minimum atomic E-state index is 0.677. The predicted molar refractivity (Wildman–Crippen MR) is 79.0 cm³/mol. The van der Waals surface area contributed by atoms with E-state index in [0.29, 0.717) is 5.82 Å². The first kappa shape index (κ1) is 14.1. The van der Waals surface area contributed by atoms with Gasteiger partial charge in [-0.05, 0) is 30.6 Å². The first-order chi connectivity index (χ1) is 8.72. The molecule has 18 heavy (non-hydrogen) atoms. The van der Waals surface area contributed by atoms with Crippen molar-refractivity contribution < 1.29 is 0 Å². The van der Waals surface area contributed by atoms with Crippen molar-refractivity contribution in [2.75, 3.05) is 0 Å². The van der Waals surface area contributed by atoms with Crippen LogP contribution < -0.4 is 0 Å². The van der Waals surface area contributed by atoms with Crippen molar-refractivity contribution in [3.05, 3.63) is 60.7 Å². The van der Waals surface area contributed by atoms with Crippen LogP contribution in [0.2, 0.25) is 0 Å². The van der Waals surface area contributed by atoms with Gasteiger partial charge in [-0.1, -0.05) is 45.2 Å². The monoisotopic (exact) mass is 240 g/mol. The quantitative estimate of drug-likeness (QED) is 0.730. The van der Waals surface area contributed by atoms with Gasteiger partial charge in [0.15, 0.2) is 5.82 Å². The Balaban J connectivity index is 0.000000771. The van der Waals surface area contributed by atoms with Crippen LogP contribution >= 0.6 is 0 Å². The molecule has 1 aromatic heterocycles. The molecule has 94 valence electrons. The van der Waals surface area contributed by atoms with E-state index in [9.17, 15) is 0 Å². The highest BCUT2D eigenvalue weighted by atomic mass is 14.9. The fraction of sp³-hybridized carbons (Fsp3) is 0.250. The zero-order chi connectivity index (χ0) is 13.5. The maximum absolute atomic E-state index is 4.47. The van der Waals surface area contributed by atoms with Gasteiger partial charge >= 0.3 is 0 Å². The molecule has 1 heterocycles. The highest BCUT2D eigenvalue weighted by Gasteiger charge is 2.14. The van der Waals surface area contributed by atoms with Crippen LogP contribution in [0.5, 0.6) is 0 Å². The van der Waals surface area contributed by atoms with Gasteiger partial charge in [0.05, 0.1) is 5.69 Å². The molecule has 0 aliphatic heterocycles. The van der Waals surface area contributed by atoms with E-state index in [2.05, 4.69) is 29.2 Å². The van der Waals surface area contributed by atoms with E-state index < -0.39 is 0 Å². The van der Waals surface area contributed by atoms with E-state index >= 15 is 0 Å². The SMILES string of the molecule is C=C1CC=C1c1ccnc(C(=C)/C=C\C)n1.CC. The zero-order valence-corrected chi connectivity index (χ0v) is 11.4. The minimum absolute atomic E-state index is 0.677. The third-order valence-electron chi connectivity index (χ3n) is 2.52. The summed E-state index contributed by atoms with van der Waals surface area (Å²) in [5, 5.41) is 0. The molecular formula is C16H20N2. The van der Waals surface area contributed by atoms with Crippen LogP contribution in [0, 0.1) is 0 Å². The highest BCUT2D eigenvalue weighted by molar-refractivity contribution is 5.83. The van der Waals surface area contributed by atoms with E-state index in [1.807, 2.05) is 39.0 Å². The molecule has 1 aliphatic rings. The third-order valence-corrected chi connectivity index (χ3v) is 2.52. The number of hydrogen-bond acceptors (Lipinski definition) is 2. The number of rotatable bonds is 3. The molecule has 0 amide bonds. The van der Waals surface area contributed by atoms with Crippen LogP contribution in [0.25, 0.3) is 11.1 Å². The largest absolute Gasteiger partial charge is 0.237 e. The van der Waals surface area contributed by atoms with Gasteiger partial charge in [-0.3, -0.25) is 0 Å². The number of hydrogen-bond donors (Lipinski definition) is 0. The summed E-state index contributed by atoms with van der Waals surface area (Å²) in [4.78, 5) is 8.68. The average molecular weight is 240 g/mol. The number of allylic oxidation sites excluding steroid dienone is 6. The Kier molecular flexibility index (Phi) is 5.25. The molecule has 0 fully saturated rings. The minimum Gasteiger partial charge on any atom is -0.237 e. The Morgan fingerprint density at radius 1 is 1.39 bits per heavy atom. The summed E-state index contributed by atoms with van der Waals surface area (Å²) < 4.78 is 0. The molecular weight excluding hydrogens is 220 g/mol. The summed E-state index contributed by atoms with van der Waals surface area (Å²) in [5.74, 6) is 0.677. The number of nitrogens with zero attached hydrogens (tertiary/aromatic N) is 2. The molecule has 2 nitrogen and oxygen atoms in total. The fourth-order valence-corrected chi connectivity index (χ4v) is 1.57. The third kappa shape index (κ3) is 3.04. The molecule has 0 saturated carbocycles. The van der Waals surface area contributed by atoms with Crippen LogP contribution in [0.3, 0.4) is 0 Å². The Morgan fingerprint density at radius 3 is 2.61 bits per heavy atom. The molecule has 0 atom stereocenters. The van der Waals surface area contributed by atoms with Gasteiger partial charge < -0.3 is 0 Å². The standard InChI is InChI=1S/C14H14N2.C2H6/c1-4-5-11(3)14-15-9-8-13(16-14)12-7-6-10(12)2;1-2/h4-5,7-9H,2-3,6H2,1H3;1-2H3/b5-4-;. The summed E-state index contributed by atoms with van der Waals surface area (Å²) in [5.41, 5.74) is 4.04. The second-order valence-electron chi connectivity index (χ2n) is 3.72. The number of aromatic nitrogens is 2. The molecule has 2 rings (SSSR count). The van der Waals surface area contributed by atoms with Gasteiger partial charge in [-0.25, -0.2) is 9.97 Å². The summed E-state index contributed by atoms with van der Waals surface area (Å²) in [6, 6.07) is 1.91. The Hall–Kier alpha value is -1.96. The lowest BCUT2D eigenvalue weighted by Gasteiger charge is -2.17.